The second kappa shape index (κ2) is 4.69. The van der Waals surface area contributed by atoms with E-state index in [-0.39, 0.29) is 24.2 Å². The fourth-order valence-electron chi connectivity index (χ4n) is 3.62. The van der Waals surface area contributed by atoms with Gasteiger partial charge in [0.05, 0.1) is 6.42 Å². The summed E-state index contributed by atoms with van der Waals surface area (Å²) < 4.78 is 13.1. The summed E-state index contributed by atoms with van der Waals surface area (Å²) in [6, 6.07) is 15.0. The number of carbonyl (C=O) groups is 1. The molecule has 0 saturated heterocycles. The first kappa shape index (κ1) is 12.6. The van der Waals surface area contributed by atoms with Gasteiger partial charge < -0.3 is 5.32 Å². The molecule has 2 aromatic carbocycles. The minimum absolute atomic E-state index is 0.0162. The number of hydrogen-bond donors (Lipinski definition) is 1. The predicted octanol–water partition coefficient (Wildman–Crippen LogP) is 2.82. The van der Waals surface area contributed by atoms with Crippen molar-refractivity contribution < 1.29 is 9.18 Å². The Morgan fingerprint density at radius 2 is 2.05 bits per heavy atom. The highest BCUT2D eigenvalue weighted by Gasteiger charge is 2.56. The largest absolute Gasteiger partial charge is 0.352 e. The van der Waals surface area contributed by atoms with Gasteiger partial charge in [-0.05, 0) is 41.2 Å². The highest BCUT2D eigenvalue weighted by Crippen LogP contribution is 2.56. The van der Waals surface area contributed by atoms with Crippen LogP contribution in [0.2, 0.25) is 0 Å². The van der Waals surface area contributed by atoms with Crippen molar-refractivity contribution in [3.63, 3.8) is 0 Å². The average molecular weight is 281 g/mol. The minimum Gasteiger partial charge on any atom is -0.352 e. The Kier molecular flexibility index (Phi) is 2.81. The summed E-state index contributed by atoms with van der Waals surface area (Å²) in [5.41, 5.74) is 3.53. The maximum atomic E-state index is 13.1. The van der Waals surface area contributed by atoms with Crippen LogP contribution in [-0.4, -0.2) is 11.9 Å². The number of halogens is 1. The van der Waals surface area contributed by atoms with Crippen molar-refractivity contribution in [1.82, 2.24) is 5.32 Å². The van der Waals surface area contributed by atoms with Crippen LogP contribution in [0.15, 0.2) is 48.5 Å². The quantitative estimate of drug-likeness (QED) is 0.921. The van der Waals surface area contributed by atoms with Gasteiger partial charge in [-0.15, -0.1) is 0 Å². The zero-order valence-electron chi connectivity index (χ0n) is 11.6. The Morgan fingerprint density at radius 3 is 2.90 bits per heavy atom. The van der Waals surface area contributed by atoms with Crippen molar-refractivity contribution in [3.05, 3.63) is 71.0 Å². The Morgan fingerprint density at radius 1 is 1.19 bits per heavy atom. The van der Waals surface area contributed by atoms with Crippen LogP contribution in [0.1, 0.15) is 22.6 Å². The second-order valence-electron chi connectivity index (χ2n) is 5.99. The van der Waals surface area contributed by atoms with E-state index in [1.54, 1.807) is 12.1 Å². The molecule has 2 aliphatic carbocycles. The Labute approximate surface area is 123 Å². The van der Waals surface area contributed by atoms with Crippen molar-refractivity contribution in [2.24, 2.45) is 5.92 Å². The first-order valence-electron chi connectivity index (χ1n) is 7.34. The van der Waals surface area contributed by atoms with Gasteiger partial charge >= 0.3 is 0 Å². The average Bonchev–Trinajstić information content (AvgIpc) is 2.96. The van der Waals surface area contributed by atoms with Crippen molar-refractivity contribution >= 4 is 5.91 Å². The molecule has 1 saturated carbocycles. The number of benzene rings is 2. The van der Waals surface area contributed by atoms with Crippen LogP contribution in [0, 0.1) is 11.7 Å². The van der Waals surface area contributed by atoms with E-state index in [0.717, 1.165) is 12.0 Å². The van der Waals surface area contributed by atoms with E-state index in [1.165, 1.54) is 23.3 Å². The van der Waals surface area contributed by atoms with Crippen molar-refractivity contribution in [2.45, 2.75) is 24.8 Å². The SMILES string of the molecule is O=C(Cc1cccc(F)c1)N[C@@H]1[C@H]2Cc3ccccc3[C@@H]21. The highest BCUT2D eigenvalue weighted by molar-refractivity contribution is 5.79. The lowest BCUT2D eigenvalue weighted by molar-refractivity contribution is -0.120. The molecule has 0 radical (unpaired) electrons. The molecule has 0 spiro atoms. The summed E-state index contributed by atoms with van der Waals surface area (Å²) in [5.74, 6) is 0.728. The van der Waals surface area contributed by atoms with Crippen LogP contribution < -0.4 is 5.32 Å². The van der Waals surface area contributed by atoms with Gasteiger partial charge in [0.25, 0.3) is 0 Å². The molecule has 3 heteroatoms. The van der Waals surface area contributed by atoms with Crippen molar-refractivity contribution in [1.29, 1.82) is 0 Å². The second-order valence-corrected chi connectivity index (χ2v) is 5.99. The van der Waals surface area contributed by atoms with E-state index in [0.29, 0.717) is 11.8 Å². The Balaban J connectivity index is 1.40. The molecule has 2 aliphatic rings. The summed E-state index contributed by atoms with van der Waals surface area (Å²) in [6.07, 6.45) is 1.31. The molecule has 21 heavy (non-hydrogen) atoms. The number of fused-ring (bicyclic) bond motifs is 3. The molecule has 1 amide bonds. The van der Waals surface area contributed by atoms with Crippen molar-refractivity contribution in [3.8, 4) is 0 Å². The molecular formula is C18H16FNO. The van der Waals surface area contributed by atoms with Crippen LogP contribution in [0.25, 0.3) is 0 Å². The van der Waals surface area contributed by atoms with Gasteiger partial charge in [-0.1, -0.05) is 36.4 Å². The van der Waals surface area contributed by atoms with Gasteiger partial charge in [-0.2, -0.15) is 0 Å². The van der Waals surface area contributed by atoms with Crippen LogP contribution in [0.3, 0.4) is 0 Å². The highest BCUT2D eigenvalue weighted by atomic mass is 19.1. The first-order chi connectivity index (χ1) is 10.2. The molecule has 0 aliphatic heterocycles. The smallest absolute Gasteiger partial charge is 0.224 e. The van der Waals surface area contributed by atoms with Crippen LogP contribution in [0.4, 0.5) is 4.39 Å². The van der Waals surface area contributed by atoms with Gasteiger partial charge in [-0.25, -0.2) is 4.39 Å². The predicted molar refractivity (Wildman–Crippen MR) is 78.4 cm³/mol. The third-order valence-corrected chi connectivity index (χ3v) is 4.62. The lowest BCUT2D eigenvalue weighted by atomic mass is 10.0. The molecule has 3 atom stereocenters. The molecule has 0 heterocycles. The fraction of sp³-hybridized carbons (Fsp3) is 0.278. The normalized spacial score (nSPS) is 25.1. The lowest BCUT2D eigenvalue weighted by Crippen LogP contribution is -2.30. The molecule has 2 aromatic rings. The maximum absolute atomic E-state index is 13.1. The van der Waals surface area contributed by atoms with E-state index < -0.39 is 0 Å². The molecule has 0 unspecified atom stereocenters. The van der Waals surface area contributed by atoms with E-state index >= 15 is 0 Å². The van der Waals surface area contributed by atoms with Gasteiger partial charge in [0.2, 0.25) is 5.91 Å². The van der Waals surface area contributed by atoms with E-state index in [9.17, 15) is 9.18 Å². The van der Waals surface area contributed by atoms with Crippen LogP contribution in [-0.2, 0) is 17.6 Å². The molecule has 2 nitrogen and oxygen atoms in total. The molecule has 1 N–H and O–H groups in total. The molecule has 106 valence electrons. The number of hydrogen-bond acceptors (Lipinski definition) is 1. The minimum atomic E-state index is -0.294. The Bertz CT molecular complexity index is 712. The van der Waals surface area contributed by atoms with Gasteiger partial charge in [0.15, 0.2) is 0 Å². The van der Waals surface area contributed by atoms with Crippen LogP contribution in [0.5, 0.6) is 0 Å². The van der Waals surface area contributed by atoms with Crippen molar-refractivity contribution in [2.75, 3.05) is 0 Å². The lowest BCUT2D eigenvalue weighted by Gasteiger charge is -2.09. The topological polar surface area (TPSA) is 29.1 Å². The van der Waals surface area contributed by atoms with Gasteiger partial charge in [0.1, 0.15) is 5.82 Å². The standard InChI is InChI=1S/C18H16FNO/c19-13-6-3-4-11(8-13)9-16(21)20-18-15-10-12-5-1-2-7-14(12)17(15)18/h1-8,15,17-18H,9-10H2,(H,20,21)/t15-,17-,18+/m0/s1. The van der Waals surface area contributed by atoms with E-state index in [4.69, 9.17) is 0 Å². The first-order valence-corrected chi connectivity index (χ1v) is 7.34. The monoisotopic (exact) mass is 281 g/mol. The molecule has 0 bridgehead atoms. The van der Waals surface area contributed by atoms with E-state index in [2.05, 4.69) is 29.6 Å². The summed E-state index contributed by atoms with van der Waals surface area (Å²) in [4.78, 5) is 12.1. The Hall–Kier alpha value is -2.16. The van der Waals surface area contributed by atoms with E-state index in [1.807, 2.05) is 0 Å². The number of nitrogens with one attached hydrogen (secondary N) is 1. The molecule has 1 fully saturated rings. The van der Waals surface area contributed by atoms with Gasteiger partial charge in [0, 0.05) is 12.0 Å². The van der Waals surface area contributed by atoms with Crippen LogP contribution >= 0.6 is 0 Å². The third kappa shape index (κ3) is 2.23. The summed E-state index contributed by atoms with van der Waals surface area (Å²) >= 11 is 0. The number of amides is 1. The molecule has 0 aromatic heterocycles. The number of rotatable bonds is 3. The zero-order valence-corrected chi connectivity index (χ0v) is 11.6. The maximum Gasteiger partial charge on any atom is 0.224 e. The third-order valence-electron chi connectivity index (χ3n) is 4.62. The molecular weight excluding hydrogens is 265 g/mol. The fourth-order valence-corrected chi connectivity index (χ4v) is 3.62. The summed E-state index contributed by atoms with van der Waals surface area (Å²) in [6.45, 7) is 0. The zero-order chi connectivity index (χ0) is 14.4. The molecule has 4 rings (SSSR count). The number of carbonyl (C=O) groups excluding carboxylic acids is 1. The summed E-state index contributed by atoms with van der Waals surface area (Å²) in [7, 11) is 0. The summed E-state index contributed by atoms with van der Waals surface area (Å²) in [5, 5.41) is 3.10. The van der Waals surface area contributed by atoms with Gasteiger partial charge in [-0.3, -0.25) is 4.79 Å².